The number of hydrogen-bond acceptors (Lipinski definition) is 5. The third-order valence-corrected chi connectivity index (χ3v) is 4.92. The fraction of sp³-hybridized carbons (Fsp3) is 0.308. The van der Waals surface area contributed by atoms with Crippen LogP contribution in [0.1, 0.15) is 11.1 Å². The van der Waals surface area contributed by atoms with E-state index in [0.717, 1.165) is 5.56 Å². The van der Waals surface area contributed by atoms with Crippen molar-refractivity contribution in [2.45, 2.75) is 18.1 Å². The maximum absolute atomic E-state index is 12.5. The number of sulfonamides is 1. The molecule has 1 aromatic heterocycles. The van der Waals surface area contributed by atoms with Crippen molar-refractivity contribution >= 4 is 10.0 Å². The van der Waals surface area contributed by atoms with Crippen molar-refractivity contribution in [2.75, 3.05) is 14.2 Å². The highest BCUT2D eigenvalue weighted by atomic mass is 32.2. The van der Waals surface area contributed by atoms with E-state index in [1.807, 2.05) is 12.1 Å². The molecule has 8 heteroatoms. The lowest BCUT2D eigenvalue weighted by Gasteiger charge is -2.17. The van der Waals surface area contributed by atoms with Crippen molar-refractivity contribution < 1.29 is 13.2 Å². The zero-order valence-electron chi connectivity index (χ0n) is 11.9. The Morgan fingerprint density at radius 2 is 2.19 bits per heavy atom. The maximum atomic E-state index is 12.5. The zero-order valence-corrected chi connectivity index (χ0v) is 12.7. The molecule has 2 aromatic rings. The number of nitrogens with two attached hydrogens (primary N) is 1. The first-order chi connectivity index (χ1) is 9.98. The zero-order chi connectivity index (χ0) is 15.5. The van der Waals surface area contributed by atoms with E-state index in [4.69, 9.17) is 10.5 Å². The van der Waals surface area contributed by atoms with Crippen LogP contribution in [0.5, 0.6) is 5.75 Å². The summed E-state index contributed by atoms with van der Waals surface area (Å²) < 4.78 is 31.4. The third kappa shape index (κ3) is 3.23. The lowest BCUT2D eigenvalue weighted by Crippen LogP contribution is -2.28. The minimum absolute atomic E-state index is 0.0374. The fourth-order valence-electron chi connectivity index (χ4n) is 1.94. The van der Waals surface area contributed by atoms with Crippen LogP contribution in [-0.4, -0.2) is 37.1 Å². The van der Waals surface area contributed by atoms with E-state index < -0.39 is 10.0 Å². The molecule has 0 fully saturated rings. The van der Waals surface area contributed by atoms with Crippen LogP contribution in [0.3, 0.4) is 0 Å². The van der Waals surface area contributed by atoms with Crippen LogP contribution in [0.4, 0.5) is 0 Å². The monoisotopic (exact) mass is 310 g/mol. The molecule has 0 unspecified atom stereocenters. The van der Waals surface area contributed by atoms with Crippen molar-refractivity contribution in [3.63, 3.8) is 0 Å². The van der Waals surface area contributed by atoms with Crippen LogP contribution in [0.15, 0.2) is 35.5 Å². The molecule has 114 valence electrons. The van der Waals surface area contributed by atoms with E-state index >= 15 is 0 Å². The van der Waals surface area contributed by atoms with Gasteiger partial charge in [-0.1, -0.05) is 12.1 Å². The van der Waals surface area contributed by atoms with E-state index in [-0.39, 0.29) is 18.1 Å². The number of ether oxygens (including phenoxy) is 1. The number of nitrogens with zero attached hydrogens (tertiary/aromatic N) is 2. The van der Waals surface area contributed by atoms with Crippen LogP contribution in [0, 0.1) is 0 Å². The Kier molecular flexibility index (Phi) is 4.61. The van der Waals surface area contributed by atoms with Crippen LogP contribution in [-0.2, 0) is 23.1 Å². The molecule has 0 amide bonds. The van der Waals surface area contributed by atoms with E-state index in [0.29, 0.717) is 11.3 Å². The molecule has 0 aliphatic rings. The summed E-state index contributed by atoms with van der Waals surface area (Å²) in [6.07, 6.45) is 1.42. The topological polar surface area (TPSA) is 101 Å². The second-order valence-electron chi connectivity index (χ2n) is 4.54. The molecule has 1 aromatic carbocycles. The molecule has 7 nitrogen and oxygen atoms in total. The number of rotatable bonds is 6. The lowest BCUT2D eigenvalue weighted by atomic mass is 10.2. The van der Waals surface area contributed by atoms with Gasteiger partial charge in [0.15, 0.2) is 5.03 Å². The normalized spacial score (nSPS) is 11.8. The van der Waals surface area contributed by atoms with Crippen molar-refractivity contribution in [1.82, 2.24) is 14.5 Å². The third-order valence-electron chi connectivity index (χ3n) is 3.11. The van der Waals surface area contributed by atoms with Crippen molar-refractivity contribution in [3.8, 4) is 5.75 Å². The average Bonchev–Trinajstić information content (AvgIpc) is 2.96. The predicted octanol–water partition coefficient (Wildman–Crippen LogP) is 0.698. The van der Waals surface area contributed by atoms with Gasteiger partial charge in [0.1, 0.15) is 5.75 Å². The van der Waals surface area contributed by atoms with Crippen molar-refractivity contribution in [3.05, 3.63) is 41.6 Å². The molecule has 0 saturated carbocycles. The highest BCUT2D eigenvalue weighted by molar-refractivity contribution is 7.89. The number of H-pyrrole nitrogens is 1. The molecular weight excluding hydrogens is 292 g/mol. The minimum atomic E-state index is -3.66. The first-order valence-electron chi connectivity index (χ1n) is 6.30. The summed E-state index contributed by atoms with van der Waals surface area (Å²) in [6, 6.07) is 7.25. The van der Waals surface area contributed by atoms with Crippen LogP contribution >= 0.6 is 0 Å². The molecular formula is C13H18N4O3S. The molecule has 3 N–H and O–H groups in total. The van der Waals surface area contributed by atoms with Gasteiger partial charge in [-0.2, -0.15) is 9.40 Å². The molecule has 0 aliphatic heterocycles. The molecule has 2 rings (SSSR count). The largest absolute Gasteiger partial charge is 0.497 e. The molecule has 0 aliphatic carbocycles. The Labute approximate surface area is 123 Å². The van der Waals surface area contributed by atoms with Gasteiger partial charge in [0.2, 0.25) is 0 Å². The Morgan fingerprint density at radius 3 is 2.86 bits per heavy atom. The number of hydrogen-bond donors (Lipinski definition) is 2. The van der Waals surface area contributed by atoms with Crippen molar-refractivity contribution in [2.24, 2.45) is 5.73 Å². The molecule has 1 heterocycles. The van der Waals surface area contributed by atoms with Crippen molar-refractivity contribution in [1.29, 1.82) is 0 Å². The Balaban J connectivity index is 2.24. The maximum Gasteiger partial charge on any atom is 0.260 e. The first kappa shape index (κ1) is 15.5. The molecule has 21 heavy (non-hydrogen) atoms. The lowest BCUT2D eigenvalue weighted by molar-refractivity contribution is 0.412. The Hall–Kier alpha value is -1.90. The van der Waals surface area contributed by atoms with Gasteiger partial charge in [-0.05, 0) is 17.7 Å². The van der Waals surface area contributed by atoms with E-state index in [2.05, 4.69) is 10.2 Å². The number of aromatic amines is 1. The van der Waals surface area contributed by atoms with Gasteiger partial charge in [0.25, 0.3) is 10.0 Å². The molecule has 0 atom stereocenters. The van der Waals surface area contributed by atoms with Crippen LogP contribution in [0.25, 0.3) is 0 Å². The summed E-state index contributed by atoms with van der Waals surface area (Å²) in [4.78, 5) is 0. The van der Waals surface area contributed by atoms with Crippen LogP contribution in [0.2, 0.25) is 0 Å². The first-order valence-corrected chi connectivity index (χ1v) is 7.74. The van der Waals surface area contributed by atoms with E-state index in [1.165, 1.54) is 17.5 Å². The van der Waals surface area contributed by atoms with Crippen LogP contribution < -0.4 is 10.5 Å². The second kappa shape index (κ2) is 6.25. The molecule has 0 bridgehead atoms. The summed E-state index contributed by atoms with van der Waals surface area (Å²) in [7, 11) is -0.585. The van der Waals surface area contributed by atoms with Gasteiger partial charge in [-0.15, -0.1) is 0 Å². The van der Waals surface area contributed by atoms with E-state index in [9.17, 15) is 8.42 Å². The summed E-state index contributed by atoms with van der Waals surface area (Å²) in [5.74, 6) is 0.683. The molecule has 0 spiro atoms. The number of nitrogens with one attached hydrogen (secondary N) is 1. The fourth-order valence-corrected chi connectivity index (χ4v) is 3.20. The summed E-state index contributed by atoms with van der Waals surface area (Å²) in [5.41, 5.74) is 6.82. The van der Waals surface area contributed by atoms with Gasteiger partial charge < -0.3 is 10.5 Å². The quantitative estimate of drug-likeness (QED) is 0.817. The van der Waals surface area contributed by atoms with E-state index in [1.54, 1.807) is 19.2 Å². The number of aromatic nitrogens is 2. The number of benzene rings is 1. The summed E-state index contributed by atoms with van der Waals surface area (Å²) in [6.45, 7) is 0.334. The van der Waals surface area contributed by atoms with Gasteiger partial charge >= 0.3 is 0 Å². The number of methoxy groups -OCH3 is 1. The standard InChI is InChI=1S/C13H18N4O3S/c1-17(9-10-4-3-5-12(6-10)20-2)21(18,19)13-11(7-14)8-15-16-13/h3-6,8H,7,9,14H2,1-2H3,(H,15,16). The van der Waals surface area contributed by atoms with Gasteiger partial charge in [-0.3, -0.25) is 5.10 Å². The average molecular weight is 310 g/mol. The highest BCUT2D eigenvalue weighted by Gasteiger charge is 2.25. The Morgan fingerprint density at radius 1 is 1.43 bits per heavy atom. The SMILES string of the molecule is COc1cccc(CN(C)S(=O)(=O)c2[nH]ncc2CN)c1. The second-order valence-corrected chi connectivity index (χ2v) is 6.52. The predicted molar refractivity (Wildman–Crippen MR) is 78.1 cm³/mol. The summed E-state index contributed by atoms with van der Waals surface area (Å²) in [5, 5.41) is 6.28. The summed E-state index contributed by atoms with van der Waals surface area (Å²) >= 11 is 0. The van der Waals surface area contributed by atoms with Gasteiger partial charge in [0.05, 0.1) is 13.3 Å². The highest BCUT2D eigenvalue weighted by Crippen LogP contribution is 2.20. The van der Waals surface area contributed by atoms with Gasteiger partial charge in [-0.25, -0.2) is 8.42 Å². The minimum Gasteiger partial charge on any atom is -0.497 e. The molecule has 0 saturated heterocycles. The van der Waals surface area contributed by atoms with Gasteiger partial charge in [0, 0.05) is 25.7 Å². The Bertz CT molecular complexity index is 712. The molecule has 0 radical (unpaired) electrons. The smallest absolute Gasteiger partial charge is 0.260 e.